The Hall–Kier alpha value is -1.40. The average molecular weight is 275 g/mol. The van der Waals surface area contributed by atoms with Gasteiger partial charge in [-0.05, 0) is 25.5 Å². The second-order valence-corrected chi connectivity index (χ2v) is 3.93. The fourth-order valence-electron chi connectivity index (χ4n) is 1.67. The van der Waals surface area contributed by atoms with Gasteiger partial charge in [0.05, 0.1) is 7.11 Å². The normalized spacial score (nSPS) is 10.8. The zero-order valence-electron chi connectivity index (χ0n) is 10.9. The van der Waals surface area contributed by atoms with E-state index < -0.39 is 6.61 Å². The number of unbranched alkanes of at least 4 members (excludes halogenated alkanes) is 1. The van der Waals surface area contributed by atoms with Crippen LogP contribution in [0.2, 0.25) is 0 Å². The minimum atomic E-state index is -2.88. The predicted molar refractivity (Wildman–Crippen MR) is 67.7 cm³/mol. The molecule has 0 radical (unpaired) electrons. The van der Waals surface area contributed by atoms with E-state index >= 15 is 0 Å². The molecule has 0 aliphatic rings. The molecule has 1 aromatic rings. The maximum atomic E-state index is 12.4. The molecule has 0 saturated carbocycles. The summed E-state index contributed by atoms with van der Waals surface area (Å²) in [4.78, 5) is 0. The number of ether oxygens (including phenoxy) is 2. The molecule has 0 fully saturated rings. The Labute approximate surface area is 111 Å². The van der Waals surface area contributed by atoms with Gasteiger partial charge in [-0.2, -0.15) is 8.78 Å². The SMILES string of the molecule is COc1cccc(CNCCCCO)c1OC(F)F. The second kappa shape index (κ2) is 8.66. The van der Waals surface area contributed by atoms with Crippen LogP contribution in [0.4, 0.5) is 8.78 Å². The lowest BCUT2D eigenvalue weighted by atomic mass is 10.2. The number of para-hydroxylation sites is 1. The lowest BCUT2D eigenvalue weighted by Crippen LogP contribution is -2.16. The van der Waals surface area contributed by atoms with Crippen LogP contribution in [0.15, 0.2) is 18.2 Å². The summed E-state index contributed by atoms with van der Waals surface area (Å²) < 4.78 is 34.3. The Morgan fingerprint density at radius 2 is 2.11 bits per heavy atom. The second-order valence-electron chi connectivity index (χ2n) is 3.93. The molecule has 1 rings (SSSR count). The molecule has 19 heavy (non-hydrogen) atoms. The summed E-state index contributed by atoms with van der Waals surface area (Å²) in [5, 5.41) is 11.8. The van der Waals surface area contributed by atoms with Gasteiger partial charge in [0, 0.05) is 18.7 Å². The highest BCUT2D eigenvalue weighted by molar-refractivity contribution is 5.46. The van der Waals surface area contributed by atoms with Crippen molar-refractivity contribution in [2.24, 2.45) is 0 Å². The number of rotatable bonds is 9. The highest BCUT2D eigenvalue weighted by Gasteiger charge is 2.14. The molecule has 2 N–H and O–H groups in total. The van der Waals surface area contributed by atoms with Crippen LogP contribution in [0.1, 0.15) is 18.4 Å². The number of benzene rings is 1. The van der Waals surface area contributed by atoms with Gasteiger partial charge >= 0.3 is 6.61 Å². The van der Waals surface area contributed by atoms with Crippen LogP contribution < -0.4 is 14.8 Å². The van der Waals surface area contributed by atoms with Crippen LogP contribution in [-0.2, 0) is 6.54 Å². The third-order valence-corrected chi connectivity index (χ3v) is 2.56. The molecule has 0 spiro atoms. The van der Waals surface area contributed by atoms with Crippen LogP contribution in [0.3, 0.4) is 0 Å². The van der Waals surface area contributed by atoms with Crippen molar-refractivity contribution >= 4 is 0 Å². The summed E-state index contributed by atoms with van der Waals surface area (Å²) in [5.74, 6) is 0.351. The maximum Gasteiger partial charge on any atom is 0.387 e. The van der Waals surface area contributed by atoms with Gasteiger partial charge in [-0.3, -0.25) is 0 Å². The minimum Gasteiger partial charge on any atom is -0.493 e. The first kappa shape index (κ1) is 15.7. The van der Waals surface area contributed by atoms with Crippen molar-refractivity contribution in [3.05, 3.63) is 23.8 Å². The summed E-state index contributed by atoms with van der Waals surface area (Å²) in [6, 6.07) is 5.01. The lowest BCUT2D eigenvalue weighted by molar-refractivity contribution is -0.0518. The standard InChI is InChI=1S/C13H19F2NO3/c1-18-11-6-4-5-10(12(11)19-13(14)15)9-16-7-2-3-8-17/h4-6,13,16-17H,2-3,7-9H2,1H3. The van der Waals surface area contributed by atoms with Gasteiger partial charge in [0.1, 0.15) is 0 Å². The fraction of sp³-hybridized carbons (Fsp3) is 0.538. The number of aliphatic hydroxyl groups is 1. The van der Waals surface area contributed by atoms with Gasteiger partial charge in [-0.1, -0.05) is 12.1 Å². The molecule has 0 unspecified atom stereocenters. The van der Waals surface area contributed by atoms with Crippen LogP contribution in [-0.4, -0.2) is 32.0 Å². The van der Waals surface area contributed by atoms with Gasteiger partial charge in [-0.15, -0.1) is 0 Å². The zero-order chi connectivity index (χ0) is 14.1. The van der Waals surface area contributed by atoms with E-state index in [4.69, 9.17) is 9.84 Å². The van der Waals surface area contributed by atoms with E-state index in [1.54, 1.807) is 18.2 Å². The van der Waals surface area contributed by atoms with Crippen molar-refractivity contribution in [1.29, 1.82) is 0 Å². The van der Waals surface area contributed by atoms with Gasteiger partial charge < -0.3 is 19.9 Å². The maximum absolute atomic E-state index is 12.4. The molecule has 0 bridgehead atoms. The first-order valence-electron chi connectivity index (χ1n) is 6.11. The first-order valence-corrected chi connectivity index (χ1v) is 6.11. The Balaban J connectivity index is 2.64. The molecule has 0 aromatic heterocycles. The Kier molecular flexibility index (Phi) is 7.14. The molecular weight excluding hydrogens is 256 g/mol. The molecular formula is C13H19F2NO3. The molecule has 0 saturated heterocycles. The number of methoxy groups -OCH3 is 1. The number of aliphatic hydroxyl groups excluding tert-OH is 1. The third kappa shape index (κ3) is 5.40. The molecule has 0 aliphatic carbocycles. The van der Waals surface area contributed by atoms with Crippen molar-refractivity contribution < 1.29 is 23.4 Å². The van der Waals surface area contributed by atoms with Gasteiger partial charge in [0.2, 0.25) is 0 Å². The van der Waals surface area contributed by atoms with Gasteiger partial charge in [-0.25, -0.2) is 0 Å². The van der Waals surface area contributed by atoms with Crippen molar-refractivity contribution in [2.75, 3.05) is 20.3 Å². The molecule has 0 aliphatic heterocycles. The topological polar surface area (TPSA) is 50.7 Å². The quantitative estimate of drug-likeness (QED) is 0.678. The van der Waals surface area contributed by atoms with E-state index in [1.165, 1.54) is 7.11 Å². The molecule has 6 heteroatoms. The number of halogens is 2. The first-order chi connectivity index (χ1) is 9.19. The lowest BCUT2D eigenvalue weighted by Gasteiger charge is -2.14. The number of hydrogen-bond acceptors (Lipinski definition) is 4. The number of alkyl halides is 2. The molecule has 0 atom stereocenters. The number of nitrogens with one attached hydrogen (secondary N) is 1. The van der Waals surface area contributed by atoms with Crippen LogP contribution in [0.5, 0.6) is 11.5 Å². The fourth-order valence-corrected chi connectivity index (χ4v) is 1.67. The highest BCUT2D eigenvalue weighted by atomic mass is 19.3. The van der Waals surface area contributed by atoms with E-state index in [-0.39, 0.29) is 18.1 Å². The van der Waals surface area contributed by atoms with Crippen molar-refractivity contribution in [3.63, 3.8) is 0 Å². The smallest absolute Gasteiger partial charge is 0.387 e. The van der Waals surface area contributed by atoms with Crippen LogP contribution in [0.25, 0.3) is 0 Å². The summed E-state index contributed by atoms with van der Waals surface area (Å²) >= 11 is 0. The summed E-state index contributed by atoms with van der Waals surface area (Å²) in [6.45, 7) is -1.62. The van der Waals surface area contributed by atoms with Gasteiger partial charge in [0.15, 0.2) is 11.5 Å². The molecule has 4 nitrogen and oxygen atoms in total. The zero-order valence-corrected chi connectivity index (χ0v) is 10.9. The van der Waals surface area contributed by atoms with Crippen molar-refractivity contribution in [1.82, 2.24) is 5.32 Å². The summed E-state index contributed by atoms with van der Waals surface area (Å²) in [7, 11) is 1.41. The van der Waals surface area contributed by atoms with E-state index in [0.29, 0.717) is 25.1 Å². The monoisotopic (exact) mass is 275 g/mol. The Morgan fingerprint density at radius 1 is 1.32 bits per heavy atom. The van der Waals surface area contributed by atoms with Crippen molar-refractivity contribution in [3.8, 4) is 11.5 Å². The Bertz CT molecular complexity index is 375. The van der Waals surface area contributed by atoms with Crippen molar-refractivity contribution in [2.45, 2.75) is 26.0 Å². The van der Waals surface area contributed by atoms with E-state index in [1.807, 2.05) is 0 Å². The predicted octanol–water partition coefficient (Wildman–Crippen LogP) is 2.16. The molecule has 108 valence electrons. The number of hydrogen-bond donors (Lipinski definition) is 2. The van der Waals surface area contributed by atoms with E-state index in [9.17, 15) is 8.78 Å². The van der Waals surface area contributed by atoms with Crippen LogP contribution in [0, 0.1) is 0 Å². The third-order valence-electron chi connectivity index (χ3n) is 2.56. The molecule has 0 heterocycles. The largest absolute Gasteiger partial charge is 0.493 e. The molecule has 1 aromatic carbocycles. The van der Waals surface area contributed by atoms with Crippen LogP contribution >= 0.6 is 0 Å². The summed E-state index contributed by atoms with van der Waals surface area (Å²) in [5.41, 5.74) is 0.614. The minimum absolute atomic E-state index is 0.0645. The van der Waals surface area contributed by atoms with Gasteiger partial charge in [0.25, 0.3) is 0 Å². The summed E-state index contributed by atoms with van der Waals surface area (Å²) in [6.07, 6.45) is 1.54. The van der Waals surface area contributed by atoms with E-state index in [2.05, 4.69) is 10.1 Å². The molecule has 0 amide bonds. The van der Waals surface area contributed by atoms with E-state index in [0.717, 1.165) is 6.42 Å². The Morgan fingerprint density at radius 3 is 2.74 bits per heavy atom. The highest BCUT2D eigenvalue weighted by Crippen LogP contribution is 2.32. The average Bonchev–Trinajstić information content (AvgIpc) is 2.39.